The van der Waals surface area contributed by atoms with Gasteiger partial charge in [0.2, 0.25) is 5.88 Å². The van der Waals surface area contributed by atoms with Crippen molar-refractivity contribution in [2.45, 2.75) is 13.8 Å². The zero-order valence-electron chi connectivity index (χ0n) is 10.4. The van der Waals surface area contributed by atoms with E-state index in [1.165, 1.54) is 6.07 Å². The molecule has 1 aromatic carbocycles. The molecule has 0 atom stereocenters. The Morgan fingerprint density at radius 2 is 2.11 bits per heavy atom. The number of pyridine rings is 1. The van der Waals surface area contributed by atoms with Gasteiger partial charge in [-0.2, -0.15) is 0 Å². The van der Waals surface area contributed by atoms with Crippen molar-refractivity contribution in [3.8, 4) is 11.6 Å². The maximum absolute atomic E-state index is 10.9. The molecule has 0 radical (unpaired) electrons. The number of rotatable bonds is 3. The first-order valence-corrected chi connectivity index (χ1v) is 6.32. The van der Waals surface area contributed by atoms with E-state index in [-0.39, 0.29) is 5.69 Å². The summed E-state index contributed by atoms with van der Waals surface area (Å²) in [4.78, 5) is 14.5. The van der Waals surface area contributed by atoms with Crippen LogP contribution in [-0.4, -0.2) is 9.91 Å². The maximum Gasteiger partial charge on any atom is 0.276 e. The van der Waals surface area contributed by atoms with Gasteiger partial charge in [0.15, 0.2) is 0 Å². The number of ether oxygens (including phenoxy) is 1. The van der Waals surface area contributed by atoms with Crippen molar-refractivity contribution in [1.82, 2.24) is 4.98 Å². The van der Waals surface area contributed by atoms with Crippen molar-refractivity contribution >= 4 is 21.6 Å². The summed E-state index contributed by atoms with van der Waals surface area (Å²) in [6, 6.07) is 6.48. The van der Waals surface area contributed by atoms with Crippen LogP contribution in [-0.2, 0) is 0 Å². The number of aromatic nitrogens is 1. The molecule has 1 heterocycles. The van der Waals surface area contributed by atoms with Gasteiger partial charge >= 0.3 is 0 Å². The summed E-state index contributed by atoms with van der Waals surface area (Å²) in [5.74, 6) is 0.840. The molecular weight excluding hydrogens is 312 g/mol. The van der Waals surface area contributed by atoms with Crippen LogP contribution in [0.5, 0.6) is 11.6 Å². The van der Waals surface area contributed by atoms with Crippen molar-refractivity contribution in [1.29, 1.82) is 0 Å². The lowest BCUT2D eigenvalue weighted by atomic mass is 10.2. The van der Waals surface area contributed by atoms with E-state index in [1.54, 1.807) is 31.3 Å². The molecule has 0 N–H and O–H groups in total. The first kappa shape index (κ1) is 13.5. The summed E-state index contributed by atoms with van der Waals surface area (Å²) in [5.41, 5.74) is 1.49. The van der Waals surface area contributed by atoms with E-state index in [9.17, 15) is 10.1 Å². The average molecular weight is 323 g/mol. The van der Waals surface area contributed by atoms with E-state index in [2.05, 4.69) is 20.9 Å². The van der Waals surface area contributed by atoms with Gasteiger partial charge in [-0.25, -0.2) is 4.98 Å². The molecule has 0 fully saturated rings. The molecular formula is C13H11BrN2O3. The third-order valence-electron chi connectivity index (χ3n) is 2.69. The molecule has 2 aromatic rings. The average Bonchev–Trinajstić information content (AvgIpc) is 2.36. The van der Waals surface area contributed by atoms with E-state index in [1.807, 2.05) is 6.92 Å². The van der Waals surface area contributed by atoms with E-state index in [4.69, 9.17) is 4.74 Å². The summed E-state index contributed by atoms with van der Waals surface area (Å²) >= 11 is 3.35. The molecule has 0 aliphatic carbocycles. The maximum atomic E-state index is 10.9. The number of aryl methyl sites for hydroxylation is 1. The molecule has 0 saturated carbocycles. The number of hydrogen-bond donors (Lipinski definition) is 0. The van der Waals surface area contributed by atoms with Gasteiger partial charge in [-0.05, 0) is 41.4 Å². The van der Waals surface area contributed by atoms with Gasteiger partial charge in [0, 0.05) is 22.8 Å². The van der Waals surface area contributed by atoms with E-state index in [0.29, 0.717) is 17.2 Å². The van der Waals surface area contributed by atoms with Gasteiger partial charge in [-0.3, -0.25) is 10.1 Å². The Morgan fingerprint density at radius 3 is 2.74 bits per heavy atom. The van der Waals surface area contributed by atoms with Crippen molar-refractivity contribution in [3.63, 3.8) is 0 Å². The van der Waals surface area contributed by atoms with Crippen LogP contribution < -0.4 is 4.74 Å². The Labute approximate surface area is 118 Å². The molecule has 6 heteroatoms. The van der Waals surface area contributed by atoms with Crippen LogP contribution in [0.25, 0.3) is 0 Å². The minimum Gasteiger partial charge on any atom is -0.438 e. The third-order valence-corrected chi connectivity index (χ3v) is 3.52. The van der Waals surface area contributed by atoms with Crippen molar-refractivity contribution < 1.29 is 9.66 Å². The topological polar surface area (TPSA) is 65.3 Å². The Morgan fingerprint density at radius 1 is 1.37 bits per heavy atom. The summed E-state index contributed by atoms with van der Waals surface area (Å²) in [7, 11) is 0. The fourth-order valence-corrected chi connectivity index (χ4v) is 1.81. The van der Waals surface area contributed by atoms with Crippen molar-refractivity contribution in [2.75, 3.05) is 0 Å². The first-order valence-electron chi connectivity index (χ1n) is 5.53. The smallest absolute Gasteiger partial charge is 0.276 e. The standard InChI is InChI=1S/C13H11BrN2O3/c1-8-6-13(15-7-10(8)14)19-12-5-3-4-11(9(12)2)16(17)18/h3-7H,1-2H3. The normalized spacial score (nSPS) is 10.3. The van der Waals surface area contributed by atoms with E-state index >= 15 is 0 Å². The lowest BCUT2D eigenvalue weighted by Crippen LogP contribution is -1.96. The second-order valence-electron chi connectivity index (χ2n) is 4.03. The van der Waals surface area contributed by atoms with Gasteiger partial charge in [-0.15, -0.1) is 0 Å². The fraction of sp³-hybridized carbons (Fsp3) is 0.154. The molecule has 0 saturated heterocycles. The number of nitrogens with zero attached hydrogens (tertiary/aromatic N) is 2. The van der Waals surface area contributed by atoms with Crippen molar-refractivity contribution in [2.24, 2.45) is 0 Å². The summed E-state index contributed by atoms with van der Waals surface area (Å²) < 4.78 is 6.48. The van der Waals surface area contributed by atoms with Gasteiger partial charge in [-0.1, -0.05) is 6.07 Å². The van der Waals surface area contributed by atoms with E-state index in [0.717, 1.165) is 10.0 Å². The molecule has 0 unspecified atom stereocenters. The Bertz CT molecular complexity index is 644. The predicted octanol–water partition coefficient (Wildman–Crippen LogP) is 4.16. The zero-order valence-corrected chi connectivity index (χ0v) is 12.0. The van der Waals surface area contributed by atoms with Gasteiger partial charge in [0.25, 0.3) is 5.69 Å². The molecule has 19 heavy (non-hydrogen) atoms. The van der Waals surface area contributed by atoms with Gasteiger partial charge in [0.05, 0.1) is 10.5 Å². The van der Waals surface area contributed by atoms with Crippen LogP contribution in [0.3, 0.4) is 0 Å². The highest BCUT2D eigenvalue weighted by atomic mass is 79.9. The third kappa shape index (κ3) is 2.90. The number of halogens is 1. The largest absolute Gasteiger partial charge is 0.438 e. The Kier molecular flexibility index (Phi) is 3.80. The van der Waals surface area contributed by atoms with Gasteiger partial charge in [0.1, 0.15) is 5.75 Å². The minimum atomic E-state index is -0.428. The lowest BCUT2D eigenvalue weighted by molar-refractivity contribution is -0.385. The molecule has 0 aliphatic heterocycles. The molecule has 0 spiro atoms. The highest BCUT2D eigenvalue weighted by Gasteiger charge is 2.15. The number of hydrogen-bond acceptors (Lipinski definition) is 4. The Hall–Kier alpha value is -1.95. The number of benzene rings is 1. The summed E-state index contributed by atoms with van der Waals surface area (Å²) in [6.45, 7) is 3.57. The first-order chi connectivity index (χ1) is 8.99. The molecule has 0 aliphatic rings. The molecule has 0 bridgehead atoms. The van der Waals surface area contributed by atoms with Crippen molar-refractivity contribution in [3.05, 3.63) is 56.2 Å². The highest BCUT2D eigenvalue weighted by molar-refractivity contribution is 9.10. The van der Waals surface area contributed by atoms with E-state index < -0.39 is 4.92 Å². The van der Waals surface area contributed by atoms with Crippen LogP contribution in [0, 0.1) is 24.0 Å². The molecule has 98 valence electrons. The fourth-order valence-electron chi connectivity index (χ4n) is 1.59. The molecule has 0 amide bonds. The van der Waals surface area contributed by atoms with Crippen LogP contribution in [0.1, 0.15) is 11.1 Å². The summed E-state index contributed by atoms with van der Waals surface area (Å²) in [5, 5.41) is 10.9. The molecule has 2 rings (SSSR count). The molecule has 1 aromatic heterocycles. The highest BCUT2D eigenvalue weighted by Crippen LogP contribution is 2.31. The quantitative estimate of drug-likeness (QED) is 0.628. The molecule has 5 nitrogen and oxygen atoms in total. The second kappa shape index (κ2) is 5.36. The zero-order chi connectivity index (χ0) is 14.0. The SMILES string of the molecule is Cc1cc(Oc2cccc([N+](=O)[O-])c2C)ncc1Br. The Balaban J connectivity index is 2.35. The monoisotopic (exact) mass is 322 g/mol. The summed E-state index contributed by atoms with van der Waals surface area (Å²) in [6.07, 6.45) is 1.64. The predicted molar refractivity (Wildman–Crippen MR) is 74.6 cm³/mol. The number of nitro benzene ring substituents is 1. The second-order valence-corrected chi connectivity index (χ2v) is 4.89. The van der Waals surface area contributed by atoms with Crippen LogP contribution in [0.15, 0.2) is 34.9 Å². The van der Waals surface area contributed by atoms with Crippen LogP contribution in [0.4, 0.5) is 5.69 Å². The minimum absolute atomic E-state index is 0.0336. The lowest BCUT2D eigenvalue weighted by Gasteiger charge is -2.08. The van der Waals surface area contributed by atoms with Gasteiger partial charge < -0.3 is 4.74 Å². The van der Waals surface area contributed by atoms with Crippen LogP contribution >= 0.6 is 15.9 Å². The number of nitro groups is 1. The van der Waals surface area contributed by atoms with Crippen LogP contribution in [0.2, 0.25) is 0 Å².